The summed E-state index contributed by atoms with van der Waals surface area (Å²) in [5.74, 6) is 0.698. The molecule has 0 aliphatic carbocycles. The first-order valence-electron chi connectivity index (χ1n) is 6.04. The van der Waals surface area contributed by atoms with Crippen molar-refractivity contribution in [3.63, 3.8) is 0 Å². The highest BCUT2D eigenvalue weighted by molar-refractivity contribution is 9.10. The molecule has 0 aliphatic rings. The van der Waals surface area contributed by atoms with Gasteiger partial charge in [0, 0.05) is 34.7 Å². The Morgan fingerprint density at radius 1 is 1.05 bits per heavy atom. The zero-order valence-corrected chi connectivity index (χ0v) is 11.9. The lowest BCUT2D eigenvalue weighted by Crippen LogP contribution is -2.10. The summed E-state index contributed by atoms with van der Waals surface area (Å²) in [7, 11) is 0. The Balaban J connectivity index is 2.42. The Morgan fingerprint density at radius 2 is 1.79 bits per heavy atom. The molecule has 1 aromatic heterocycles. The molecule has 102 valence electrons. The van der Waals surface area contributed by atoms with E-state index in [9.17, 15) is 0 Å². The van der Waals surface area contributed by atoms with E-state index in [0.29, 0.717) is 18.9 Å². The molecule has 0 unspecified atom stereocenters. The van der Waals surface area contributed by atoms with Gasteiger partial charge < -0.3 is 20.8 Å². The molecule has 19 heavy (non-hydrogen) atoms. The molecule has 0 spiro atoms. The van der Waals surface area contributed by atoms with E-state index >= 15 is 0 Å². The van der Waals surface area contributed by atoms with Crippen molar-refractivity contribution in [1.82, 2.24) is 4.98 Å². The number of benzene rings is 1. The van der Waals surface area contributed by atoms with Crippen LogP contribution in [0.15, 0.2) is 28.7 Å². The molecule has 4 N–H and O–H groups in total. The van der Waals surface area contributed by atoms with Gasteiger partial charge in [0.1, 0.15) is 5.82 Å². The van der Waals surface area contributed by atoms with Crippen molar-refractivity contribution in [1.29, 1.82) is 0 Å². The van der Waals surface area contributed by atoms with Crippen molar-refractivity contribution in [2.75, 3.05) is 36.9 Å². The Kier molecular flexibility index (Phi) is 4.95. The average Bonchev–Trinajstić information content (AvgIpc) is 2.42. The van der Waals surface area contributed by atoms with Crippen molar-refractivity contribution in [2.45, 2.75) is 0 Å². The highest BCUT2D eigenvalue weighted by atomic mass is 79.9. The second-order valence-electron chi connectivity index (χ2n) is 4.02. The molecule has 0 atom stereocenters. The van der Waals surface area contributed by atoms with Gasteiger partial charge in [-0.15, -0.1) is 0 Å². The summed E-state index contributed by atoms with van der Waals surface area (Å²) in [6.07, 6.45) is 0. The van der Waals surface area contributed by atoms with Gasteiger partial charge in [-0.1, -0.05) is 15.9 Å². The molecule has 1 aromatic carbocycles. The van der Waals surface area contributed by atoms with E-state index in [-0.39, 0.29) is 13.2 Å². The van der Waals surface area contributed by atoms with Crippen LogP contribution in [-0.2, 0) is 0 Å². The van der Waals surface area contributed by atoms with Gasteiger partial charge in [0.15, 0.2) is 0 Å². The van der Waals surface area contributed by atoms with E-state index in [1.165, 1.54) is 0 Å². The summed E-state index contributed by atoms with van der Waals surface area (Å²) >= 11 is 3.44. The van der Waals surface area contributed by atoms with Gasteiger partial charge in [-0.25, -0.2) is 4.98 Å². The van der Waals surface area contributed by atoms with E-state index < -0.39 is 0 Å². The minimum atomic E-state index is 0.0550. The monoisotopic (exact) mass is 325 g/mol. The third kappa shape index (κ3) is 3.56. The van der Waals surface area contributed by atoms with Crippen molar-refractivity contribution < 1.29 is 10.2 Å². The van der Waals surface area contributed by atoms with Crippen molar-refractivity contribution in [3.05, 3.63) is 28.7 Å². The van der Waals surface area contributed by atoms with Crippen LogP contribution in [0.25, 0.3) is 10.9 Å². The normalized spacial score (nSPS) is 10.7. The van der Waals surface area contributed by atoms with Gasteiger partial charge in [-0.2, -0.15) is 0 Å². The third-order valence-corrected chi connectivity index (χ3v) is 3.11. The van der Waals surface area contributed by atoms with E-state index in [1.807, 2.05) is 24.3 Å². The quantitative estimate of drug-likeness (QED) is 0.651. The summed E-state index contributed by atoms with van der Waals surface area (Å²) < 4.78 is 0.977. The smallest absolute Gasteiger partial charge is 0.128 e. The maximum Gasteiger partial charge on any atom is 0.128 e. The molecule has 0 amide bonds. The van der Waals surface area contributed by atoms with Gasteiger partial charge >= 0.3 is 0 Å². The third-order valence-electron chi connectivity index (χ3n) is 2.62. The lowest BCUT2D eigenvalue weighted by molar-refractivity contribution is 0.311. The number of hydrogen-bond acceptors (Lipinski definition) is 5. The van der Waals surface area contributed by atoms with Crippen LogP contribution in [0.2, 0.25) is 0 Å². The van der Waals surface area contributed by atoms with Crippen LogP contribution in [0.1, 0.15) is 0 Å². The summed E-state index contributed by atoms with van der Waals surface area (Å²) in [5, 5.41) is 25.0. The van der Waals surface area contributed by atoms with Crippen molar-refractivity contribution in [3.8, 4) is 0 Å². The van der Waals surface area contributed by atoms with E-state index in [4.69, 9.17) is 10.2 Å². The van der Waals surface area contributed by atoms with Crippen molar-refractivity contribution >= 4 is 38.3 Å². The second kappa shape index (κ2) is 6.70. The number of halogens is 1. The zero-order valence-electron chi connectivity index (χ0n) is 10.4. The fourth-order valence-electron chi connectivity index (χ4n) is 1.81. The number of fused-ring (bicyclic) bond motifs is 1. The molecule has 1 heterocycles. The first kappa shape index (κ1) is 14.0. The number of aromatic nitrogens is 1. The Bertz CT molecular complexity index is 563. The Morgan fingerprint density at radius 3 is 2.53 bits per heavy atom. The summed E-state index contributed by atoms with van der Waals surface area (Å²) in [6, 6.07) is 7.71. The highest BCUT2D eigenvalue weighted by Gasteiger charge is 2.06. The fourth-order valence-corrected chi connectivity index (χ4v) is 2.17. The van der Waals surface area contributed by atoms with Crippen molar-refractivity contribution in [2.24, 2.45) is 0 Å². The molecule has 0 bridgehead atoms. The number of anilines is 2. The van der Waals surface area contributed by atoms with Crippen LogP contribution in [0, 0.1) is 0 Å². The van der Waals surface area contributed by atoms with Gasteiger partial charge in [0.05, 0.1) is 18.7 Å². The molecule has 2 aromatic rings. The van der Waals surface area contributed by atoms with Crippen LogP contribution in [0.4, 0.5) is 11.5 Å². The molecular formula is C13H16BrN3O2. The average molecular weight is 326 g/mol. The predicted octanol–water partition coefficient (Wildman–Crippen LogP) is 1.81. The molecule has 6 heteroatoms. The molecule has 0 fully saturated rings. The highest BCUT2D eigenvalue weighted by Crippen LogP contribution is 2.28. The number of pyridine rings is 1. The molecule has 0 saturated heterocycles. The fraction of sp³-hybridized carbons (Fsp3) is 0.308. The number of aliphatic hydroxyl groups is 2. The predicted molar refractivity (Wildman–Crippen MR) is 80.6 cm³/mol. The minimum Gasteiger partial charge on any atom is -0.395 e. The molecule has 2 rings (SSSR count). The van der Waals surface area contributed by atoms with Gasteiger partial charge in [-0.05, 0) is 18.2 Å². The standard InChI is InChI=1S/C13H16BrN3O2/c14-9-1-2-11-10(7-9)12(15-3-5-18)8-13(17-11)16-4-6-19/h1-2,7-8,18-19H,3-6H2,(H2,15,16,17). The van der Waals surface area contributed by atoms with Crippen LogP contribution in [0.5, 0.6) is 0 Å². The van der Waals surface area contributed by atoms with Crippen LogP contribution < -0.4 is 10.6 Å². The van der Waals surface area contributed by atoms with Gasteiger partial charge in [0.2, 0.25) is 0 Å². The number of rotatable bonds is 6. The SMILES string of the molecule is OCCNc1cc(NCCO)c2cc(Br)ccc2n1. The Hall–Kier alpha value is -1.37. The first-order chi connectivity index (χ1) is 9.24. The van der Waals surface area contributed by atoms with Crippen LogP contribution in [0.3, 0.4) is 0 Å². The summed E-state index contributed by atoms with van der Waals surface area (Å²) in [4.78, 5) is 4.48. The Labute approximate surface area is 119 Å². The maximum atomic E-state index is 8.93. The van der Waals surface area contributed by atoms with E-state index in [1.54, 1.807) is 0 Å². The summed E-state index contributed by atoms with van der Waals surface area (Å²) in [6.45, 7) is 1.05. The minimum absolute atomic E-state index is 0.0550. The molecule has 5 nitrogen and oxygen atoms in total. The first-order valence-corrected chi connectivity index (χ1v) is 6.83. The van der Waals surface area contributed by atoms with Crippen LogP contribution in [-0.4, -0.2) is 41.5 Å². The topological polar surface area (TPSA) is 77.4 Å². The lowest BCUT2D eigenvalue weighted by Gasteiger charge is -2.12. The molecule has 0 radical (unpaired) electrons. The molecular weight excluding hydrogens is 310 g/mol. The molecule has 0 aliphatic heterocycles. The number of hydrogen-bond donors (Lipinski definition) is 4. The number of nitrogens with zero attached hydrogens (tertiary/aromatic N) is 1. The summed E-state index contributed by atoms with van der Waals surface area (Å²) in [5.41, 5.74) is 1.76. The van der Waals surface area contributed by atoms with Gasteiger partial charge in [0.25, 0.3) is 0 Å². The number of aliphatic hydroxyl groups excluding tert-OH is 2. The zero-order chi connectivity index (χ0) is 13.7. The molecule has 0 saturated carbocycles. The van der Waals surface area contributed by atoms with Gasteiger partial charge in [-0.3, -0.25) is 0 Å². The largest absolute Gasteiger partial charge is 0.395 e. The maximum absolute atomic E-state index is 8.93. The number of nitrogens with one attached hydrogen (secondary N) is 2. The van der Waals surface area contributed by atoms with E-state index in [0.717, 1.165) is 21.1 Å². The van der Waals surface area contributed by atoms with E-state index in [2.05, 4.69) is 31.5 Å². The second-order valence-corrected chi connectivity index (χ2v) is 4.93. The lowest BCUT2D eigenvalue weighted by atomic mass is 10.2. The van der Waals surface area contributed by atoms with Crippen LogP contribution >= 0.6 is 15.9 Å².